The zero-order valence-electron chi connectivity index (χ0n) is 17.8. The Kier molecular flexibility index (Phi) is 8.40. The van der Waals surface area contributed by atoms with Gasteiger partial charge in [-0.3, -0.25) is 10.1 Å². The Balaban J connectivity index is 1.68. The number of thiocyanates is 1. The Labute approximate surface area is 187 Å². The second-order valence-electron chi connectivity index (χ2n) is 8.29. The Bertz CT molecular complexity index is 762. The summed E-state index contributed by atoms with van der Waals surface area (Å²) in [4.78, 5) is 33.8. The summed E-state index contributed by atoms with van der Waals surface area (Å²) in [6.45, 7) is 5.75. The number of amides is 3. The molecule has 0 unspecified atom stereocenters. The molecule has 7 nitrogen and oxygen atoms in total. The lowest BCUT2D eigenvalue weighted by Gasteiger charge is -2.44. The molecule has 2 heterocycles. The summed E-state index contributed by atoms with van der Waals surface area (Å²) >= 11 is 2.38. The second-order valence-corrected chi connectivity index (χ2v) is 10.4. The van der Waals surface area contributed by atoms with E-state index in [2.05, 4.69) is 17.2 Å². The lowest BCUT2D eigenvalue weighted by Crippen LogP contribution is -2.54. The van der Waals surface area contributed by atoms with Crippen LogP contribution in [0.4, 0.5) is 9.93 Å². The number of rotatable bonds is 6. The van der Waals surface area contributed by atoms with E-state index >= 15 is 0 Å². The van der Waals surface area contributed by atoms with Gasteiger partial charge >= 0.3 is 6.03 Å². The molecule has 1 saturated heterocycles. The van der Waals surface area contributed by atoms with Crippen molar-refractivity contribution < 1.29 is 9.59 Å². The molecular formula is C21H31N5O2S2. The smallest absolute Gasteiger partial charge is 0.324 e. The molecule has 1 aliphatic carbocycles. The quantitative estimate of drug-likeness (QED) is 0.492. The number of nitriles is 1. The number of likely N-dealkylation sites (tertiary alicyclic amines) is 1. The predicted octanol–water partition coefficient (Wildman–Crippen LogP) is 4.92. The molecule has 9 heteroatoms. The summed E-state index contributed by atoms with van der Waals surface area (Å²) in [7, 11) is 0. The van der Waals surface area contributed by atoms with Gasteiger partial charge in [0.15, 0.2) is 5.13 Å². The molecular weight excluding hydrogens is 418 g/mol. The van der Waals surface area contributed by atoms with Crippen LogP contribution >= 0.6 is 23.1 Å². The molecule has 30 heavy (non-hydrogen) atoms. The van der Waals surface area contributed by atoms with Crippen molar-refractivity contribution >= 4 is 40.2 Å². The first kappa shape index (κ1) is 22.9. The number of hydrogen-bond donors (Lipinski definition) is 1. The van der Waals surface area contributed by atoms with Crippen LogP contribution in [-0.4, -0.2) is 51.9 Å². The highest BCUT2D eigenvalue weighted by molar-refractivity contribution is 8.05. The fraction of sp³-hybridized carbons (Fsp3) is 0.714. The minimum Gasteiger partial charge on any atom is -0.343 e. The Hall–Kier alpha value is -1.79. The van der Waals surface area contributed by atoms with Crippen molar-refractivity contribution in [2.24, 2.45) is 5.92 Å². The molecule has 0 atom stereocenters. The number of thioether (sulfide) groups is 1. The number of aromatic nitrogens is 1. The van der Waals surface area contributed by atoms with E-state index in [0.717, 1.165) is 74.0 Å². The van der Waals surface area contributed by atoms with Crippen molar-refractivity contribution in [2.75, 3.05) is 18.4 Å². The molecule has 0 bridgehead atoms. The van der Waals surface area contributed by atoms with Gasteiger partial charge < -0.3 is 9.80 Å². The van der Waals surface area contributed by atoms with Crippen molar-refractivity contribution in [3.63, 3.8) is 0 Å². The summed E-state index contributed by atoms with van der Waals surface area (Å²) in [6.07, 6.45) is 9.07. The lowest BCUT2D eigenvalue weighted by atomic mass is 9.85. The summed E-state index contributed by atoms with van der Waals surface area (Å²) in [5, 5.41) is 14.4. The Morgan fingerprint density at radius 1 is 1.27 bits per heavy atom. The summed E-state index contributed by atoms with van der Waals surface area (Å²) < 4.78 is 0.772. The highest BCUT2D eigenvalue weighted by Gasteiger charge is 2.35. The average molecular weight is 450 g/mol. The van der Waals surface area contributed by atoms with Gasteiger partial charge in [-0.15, -0.1) is 0 Å². The van der Waals surface area contributed by atoms with E-state index < -0.39 is 0 Å². The average Bonchev–Trinajstić information content (AvgIpc) is 3.17. The van der Waals surface area contributed by atoms with Crippen LogP contribution in [-0.2, 0) is 4.79 Å². The van der Waals surface area contributed by atoms with Crippen molar-refractivity contribution in [3.05, 3.63) is 6.20 Å². The van der Waals surface area contributed by atoms with Crippen LogP contribution in [0.2, 0.25) is 0 Å². The van der Waals surface area contributed by atoms with Gasteiger partial charge in [0, 0.05) is 43.4 Å². The molecule has 1 N–H and O–H groups in total. The van der Waals surface area contributed by atoms with Gasteiger partial charge in [-0.2, -0.15) is 5.26 Å². The van der Waals surface area contributed by atoms with Gasteiger partial charge in [0.25, 0.3) is 0 Å². The molecule has 3 rings (SSSR count). The van der Waals surface area contributed by atoms with Crippen LogP contribution in [0.15, 0.2) is 10.4 Å². The standard InChI is InChI=1S/C21H31N5O2S2/c1-3-4-18(27)25-11-9-17(10-12-25)26(16-7-5-15(2)6-8-16)21(28)24-20-23-13-19(30-20)29-14-22/h13,15-17H,3-12H2,1-2H3,(H,23,24,28)/t15-,16-. The number of carbonyl (C=O) groups is 2. The van der Waals surface area contributed by atoms with E-state index in [9.17, 15) is 9.59 Å². The van der Waals surface area contributed by atoms with Gasteiger partial charge in [0.05, 0.1) is 10.4 Å². The number of urea groups is 1. The monoisotopic (exact) mass is 449 g/mol. The maximum atomic E-state index is 13.3. The fourth-order valence-corrected chi connectivity index (χ4v) is 5.73. The van der Waals surface area contributed by atoms with Crippen molar-refractivity contribution in [3.8, 4) is 5.40 Å². The molecule has 0 spiro atoms. The normalized spacial score (nSPS) is 22.4. The highest BCUT2D eigenvalue weighted by Crippen LogP contribution is 2.32. The number of nitrogens with one attached hydrogen (secondary N) is 1. The van der Waals surface area contributed by atoms with Crippen molar-refractivity contribution in [2.45, 2.75) is 81.5 Å². The van der Waals surface area contributed by atoms with E-state index in [-0.39, 0.29) is 24.0 Å². The molecule has 0 aromatic carbocycles. The Morgan fingerprint density at radius 2 is 1.93 bits per heavy atom. The van der Waals surface area contributed by atoms with Crippen LogP contribution in [0.3, 0.4) is 0 Å². The summed E-state index contributed by atoms with van der Waals surface area (Å²) in [5.74, 6) is 0.938. The first-order valence-corrected chi connectivity index (χ1v) is 12.5. The van der Waals surface area contributed by atoms with Crippen molar-refractivity contribution in [1.82, 2.24) is 14.8 Å². The third kappa shape index (κ3) is 5.88. The van der Waals surface area contributed by atoms with Crippen LogP contribution in [0, 0.1) is 16.6 Å². The number of hydrogen-bond acceptors (Lipinski definition) is 6. The first-order chi connectivity index (χ1) is 14.5. The van der Waals surface area contributed by atoms with E-state index in [4.69, 9.17) is 5.26 Å². The van der Waals surface area contributed by atoms with Crippen LogP contribution in [0.1, 0.15) is 65.2 Å². The molecule has 3 amide bonds. The number of nitrogens with zero attached hydrogens (tertiary/aromatic N) is 4. The van der Waals surface area contributed by atoms with Gasteiger partial charge in [0.2, 0.25) is 5.91 Å². The Morgan fingerprint density at radius 3 is 2.57 bits per heavy atom. The van der Waals surface area contributed by atoms with E-state index in [1.165, 1.54) is 11.3 Å². The molecule has 2 fully saturated rings. The number of carbonyl (C=O) groups excluding carboxylic acids is 2. The minimum atomic E-state index is -0.101. The zero-order valence-corrected chi connectivity index (χ0v) is 19.4. The maximum Gasteiger partial charge on any atom is 0.324 e. The largest absolute Gasteiger partial charge is 0.343 e. The predicted molar refractivity (Wildman–Crippen MR) is 120 cm³/mol. The minimum absolute atomic E-state index is 0.101. The molecule has 1 aromatic heterocycles. The molecule has 1 saturated carbocycles. The van der Waals surface area contributed by atoms with Gasteiger partial charge in [-0.1, -0.05) is 25.2 Å². The first-order valence-electron chi connectivity index (χ1n) is 10.9. The van der Waals surface area contributed by atoms with Crippen LogP contribution in [0.5, 0.6) is 0 Å². The molecule has 164 valence electrons. The number of piperidine rings is 1. The van der Waals surface area contributed by atoms with Gasteiger partial charge in [0.1, 0.15) is 5.40 Å². The number of thiazole rings is 1. The maximum absolute atomic E-state index is 13.3. The summed E-state index contributed by atoms with van der Waals surface area (Å²) in [5.41, 5.74) is 0. The van der Waals surface area contributed by atoms with Gasteiger partial charge in [-0.05, 0) is 50.9 Å². The summed E-state index contributed by atoms with van der Waals surface area (Å²) in [6, 6.07) is 0.273. The molecule has 1 aliphatic heterocycles. The molecule has 0 radical (unpaired) electrons. The van der Waals surface area contributed by atoms with Gasteiger partial charge in [-0.25, -0.2) is 9.78 Å². The molecule has 1 aromatic rings. The van der Waals surface area contributed by atoms with E-state index in [1.54, 1.807) is 6.20 Å². The molecule has 2 aliphatic rings. The third-order valence-corrected chi connectivity index (χ3v) is 7.74. The second kappa shape index (κ2) is 11.0. The lowest BCUT2D eigenvalue weighted by molar-refractivity contribution is -0.132. The van der Waals surface area contributed by atoms with Crippen molar-refractivity contribution in [1.29, 1.82) is 5.26 Å². The van der Waals surface area contributed by atoms with E-state index in [0.29, 0.717) is 17.5 Å². The van der Waals surface area contributed by atoms with Crippen LogP contribution in [0.25, 0.3) is 0 Å². The SMILES string of the molecule is CCCC(=O)N1CCC(N(C(=O)Nc2ncc(SC#N)s2)[C@H]2CC[C@H](C)CC2)CC1. The fourth-order valence-electron chi connectivity index (χ4n) is 4.48. The number of anilines is 1. The van der Waals surface area contributed by atoms with E-state index in [1.807, 2.05) is 22.1 Å². The topological polar surface area (TPSA) is 89.3 Å². The third-order valence-electron chi connectivity index (χ3n) is 6.13. The highest BCUT2D eigenvalue weighted by atomic mass is 32.2. The zero-order chi connectivity index (χ0) is 21.5. The van der Waals surface area contributed by atoms with Crippen LogP contribution < -0.4 is 5.32 Å².